The normalized spacial score (nSPS) is 20.0. The van der Waals surface area contributed by atoms with E-state index in [-0.39, 0.29) is 45.4 Å². The van der Waals surface area contributed by atoms with Gasteiger partial charge in [-0.15, -0.1) is 0 Å². The number of carbonyl (C=O) groups excluding carboxylic acids is 2. The minimum Gasteiger partial charge on any atom is -0.506 e. The number of nitrogens with one attached hydrogen (secondary N) is 2. The summed E-state index contributed by atoms with van der Waals surface area (Å²) in [7, 11) is 0. The fraction of sp³-hybridized carbons (Fsp3) is 0.296. The number of anilines is 2. The highest BCUT2D eigenvalue weighted by atomic mass is 35.5. The third-order valence-corrected chi connectivity index (χ3v) is 8.10. The van der Waals surface area contributed by atoms with Gasteiger partial charge in [0.25, 0.3) is 11.5 Å². The number of H-pyrrole nitrogens is 1. The summed E-state index contributed by atoms with van der Waals surface area (Å²) in [5.41, 5.74) is 6.01. The second-order valence-electron chi connectivity index (χ2n) is 10.3. The van der Waals surface area contributed by atoms with E-state index in [0.717, 1.165) is 6.42 Å². The average molecular weight is 598 g/mol. The van der Waals surface area contributed by atoms with E-state index in [9.17, 15) is 19.5 Å². The predicted molar refractivity (Wildman–Crippen MR) is 154 cm³/mol. The third-order valence-electron chi connectivity index (χ3n) is 7.51. The van der Waals surface area contributed by atoms with Crippen molar-refractivity contribution in [3.05, 3.63) is 62.9 Å². The summed E-state index contributed by atoms with van der Waals surface area (Å²) in [6.45, 7) is 3.38. The summed E-state index contributed by atoms with van der Waals surface area (Å²) in [5, 5.41) is 13.3. The molecule has 0 radical (unpaired) electrons. The molecule has 212 valence electrons. The molecule has 2 aliphatic rings. The van der Waals surface area contributed by atoms with Crippen molar-refractivity contribution in [1.29, 1.82) is 0 Å². The standard InChI is InChI=1S/C27H25Cl2N7O5/c1-12-2-14-7-35(9-20(12)41-14)21-5-19(18(29)6-31-21)34-22(37)10-36-8-16(23-26(36)32-11-33-27(23)40)13-3-15(25(30)39)24(38)17(28)4-13/h3-6,8,11-12,14,20,38H,2,7,9-10H2,1H3,(H2,30,39)(H,31,34,37)(H,32,33,40). The number of phenols is 1. The summed E-state index contributed by atoms with van der Waals surface area (Å²) in [5.74, 6) is -0.626. The van der Waals surface area contributed by atoms with Gasteiger partial charge in [0.15, 0.2) is 0 Å². The lowest BCUT2D eigenvalue weighted by Crippen LogP contribution is -2.43. The minimum absolute atomic E-state index is 0.124. The van der Waals surface area contributed by atoms with Crippen LogP contribution in [-0.4, -0.2) is 61.7 Å². The number of primary amides is 1. The zero-order chi connectivity index (χ0) is 29.0. The van der Waals surface area contributed by atoms with Crippen LogP contribution in [0, 0.1) is 5.92 Å². The average Bonchev–Trinajstić information content (AvgIpc) is 3.42. The van der Waals surface area contributed by atoms with Crippen molar-refractivity contribution in [2.24, 2.45) is 11.7 Å². The van der Waals surface area contributed by atoms with E-state index in [1.54, 1.807) is 12.3 Å². The molecule has 0 saturated carbocycles. The fourth-order valence-electron chi connectivity index (χ4n) is 5.52. The monoisotopic (exact) mass is 597 g/mol. The summed E-state index contributed by atoms with van der Waals surface area (Å²) in [6.07, 6.45) is 5.56. The first-order valence-electron chi connectivity index (χ1n) is 12.8. The van der Waals surface area contributed by atoms with Gasteiger partial charge in [0.1, 0.15) is 23.8 Å². The summed E-state index contributed by atoms with van der Waals surface area (Å²) in [4.78, 5) is 51.3. The topological polar surface area (TPSA) is 168 Å². The number of carbonyl (C=O) groups is 2. The quantitative estimate of drug-likeness (QED) is 0.263. The highest BCUT2D eigenvalue weighted by Crippen LogP contribution is 2.37. The first-order chi connectivity index (χ1) is 19.6. The molecular formula is C27H25Cl2N7O5. The predicted octanol–water partition coefficient (Wildman–Crippen LogP) is 3.15. The van der Waals surface area contributed by atoms with Crippen LogP contribution in [0.2, 0.25) is 10.0 Å². The van der Waals surface area contributed by atoms with E-state index >= 15 is 0 Å². The number of hydrogen-bond acceptors (Lipinski definition) is 8. The molecule has 2 bridgehead atoms. The van der Waals surface area contributed by atoms with Crippen LogP contribution in [0.3, 0.4) is 0 Å². The maximum absolute atomic E-state index is 13.2. The number of benzene rings is 1. The maximum atomic E-state index is 13.2. The Balaban J connectivity index is 1.29. The smallest absolute Gasteiger partial charge is 0.260 e. The Bertz CT molecular complexity index is 1770. The van der Waals surface area contributed by atoms with Gasteiger partial charge in [-0.1, -0.05) is 30.1 Å². The molecule has 6 rings (SSSR count). The van der Waals surface area contributed by atoms with Crippen molar-refractivity contribution in [3.63, 3.8) is 0 Å². The van der Waals surface area contributed by atoms with Gasteiger partial charge in [0.2, 0.25) is 5.91 Å². The van der Waals surface area contributed by atoms with Crippen LogP contribution in [0.4, 0.5) is 11.5 Å². The van der Waals surface area contributed by atoms with Crippen LogP contribution in [0.15, 0.2) is 41.7 Å². The molecule has 3 aromatic heterocycles. The fourth-order valence-corrected chi connectivity index (χ4v) is 5.89. The Morgan fingerprint density at radius 2 is 2.02 bits per heavy atom. The Hall–Kier alpha value is -4.13. The number of nitrogens with two attached hydrogens (primary N) is 1. The molecular weight excluding hydrogens is 573 g/mol. The summed E-state index contributed by atoms with van der Waals surface area (Å²) in [6, 6.07) is 4.46. The van der Waals surface area contributed by atoms with Gasteiger partial charge in [-0.3, -0.25) is 14.4 Å². The number of halogens is 2. The number of aromatic nitrogens is 4. The lowest BCUT2D eigenvalue weighted by atomic mass is 10.0. The molecule has 5 N–H and O–H groups in total. The van der Waals surface area contributed by atoms with Crippen LogP contribution in [0.1, 0.15) is 23.7 Å². The number of nitrogens with zero attached hydrogens (tertiary/aromatic N) is 4. The minimum atomic E-state index is -0.894. The van der Waals surface area contributed by atoms with Crippen LogP contribution in [0.5, 0.6) is 5.75 Å². The maximum Gasteiger partial charge on any atom is 0.260 e. The SMILES string of the molecule is CC1CC2CN(c3cc(NC(=O)Cn4cc(-c5cc(Cl)c(O)c(C(N)=O)c5)c5c(=O)[nH]cnc54)c(Cl)cn3)CC1O2. The van der Waals surface area contributed by atoms with Gasteiger partial charge < -0.3 is 35.3 Å². The van der Waals surface area contributed by atoms with Gasteiger partial charge in [0.05, 0.1) is 51.4 Å². The van der Waals surface area contributed by atoms with E-state index in [1.165, 1.54) is 29.2 Å². The second kappa shape index (κ2) is 10.4. The van der Waals surface area contributed by atoms with E-state index in [0.29, 0.717) is 41.6 Å². The Morgan fingerprint density at radius 3 is 2.78 bits per heavy atom. The van der Waals surface area contributed by atoms with Crippen LogP contribution < -0.4 is 21.5 Å². The number of hydrogen-bond donors (Lipinski definition) is 4. The highest BCUT2D eigenvalue weighted by Gasteiger charge is 2.39. The molecule has 4 aromatic rings. The number of rotatable bonds is 6. The first-order valence-corrected chi connectivity index (χ1v) is 13.6. The Kier molecular flexibility index (Phi) is 6.84. The van der Waals surface area contributed by atoms with Crippen molar-refractivity contribution < 1.29 is 19.4 Å². The number of fused-ring (bicyclic) bond motifs is 3. The van der Waals surface area contributed by atoms with Gasteiger partial charge in [-0.25, -0.2) is 9.97 Å². The number of morpholine rings is 1. The Labute approximate surface area is 243 Å². The van der Waals surface area contributed by atoms with Crippen molar-refractivity contribution in [1.82, 2.24) is 19.5 Å². The first kappa shape index (κ1) is 27.1. The van der Waals surface area contributed by atoms with Crippen molar-refractivity contribution in [2.45, 2.75) is 32.1 Å². The van der Waals surface area contributed by atoms with E-state index < -0.39 is 23.1 Å². The third kappa shape index (κ3) is 4.98. The molecule has 5 heterocycles. The highest BCUT2D eigenvalue weighted by molar-refractivity contribution is 6.34. The largest absolute Gasteiger partial charge is 0.506 e. The van der Waals surface area contributed by atoms with Gasteiger partial charge >= 0.3 is 0 Å². The second-order valence-corrected chi connectivity index (χ2v) is 11.1. The van der Waals surface area contributed by atoms with Gasteiger partial charge in [-0.2, -0.15) is 0 Å². The molecule has 2 amide bonds. The van der Waals surface area contributed by atoms with Crippen LogP contribution >= 0.6 is 23.2 Å². The zero-order valence-corrected chi connectivity index (χ0v) is 23.2. The molecule has 3 atom stereocenters. The molecule has 0 aliphatic carbocycles. The van der Waals surface area contributed by atoms with E-state index in [4.69, 9.17) is 33.7 Å². The number of ether oxygens (including phenoxy) is 1. The molecule has 0 spiro atoms. The molecule has 2 fully saturated rings. The molecule has 1 aromatic carbocycles. The molecule has 3 unspecified atom stereocenters. The van der Waals surface area contributed by atoms with Crippen LogP contribution in [0.25, 0.3) is 22.2 Å². The lowest BCUT2D eigenvalue weighted by molar-refractivity contribution is -0.116. The summed E-state index contributed by atoms with van der Waals surface area (Å²) < 4.78 is 7.51. The Morgan fingerprint density at radius 1 is 1.22 bits per heavy atom. The number of aromatic hydroxyl groups is 1. The van der Waals surface area contributed by atoms with Gasteiger partial charge in [-0.05, 0) is 30.0 Å². The zero-order valence-electron chi connectivity index (χ0n) is 21.7. The molecule has 12 nitrogen and oxygen atoms in total. The van der Waals surface area contributed by atoms with Gasteiger partial charge in [0, 0.05) is 30.9 Å². The van der Waals surface area contributed by atoms with E-state index in [2.05, 4.69) is 32.1 Å². The molecule has 41 heavy (non-hydrogen) atoms. The number of amides is 2. The molecule has 14 heteroatoms. The van der Waals surface area contributed by atoms with Crippen molar-refractivity contribution in [2.75, 3.05) is 23.3 Å². The van der Waals surface area contributed by atoms with Crippen molar-refractivity contribution in [3.8, 4) is 16.9 Å². The van der Waals surface area contributed by atoms with E-state index in [1.807, 2.05) is 0 Å². The number of aromatic amines is 1. The number of pyridine rings is 1. The molecule has 2 saturated heterocycles. The van der Waals surface area contributed by atoms with Crippen molar-refractivity contribution >= 4 is 57.6 Å². The summed E-state index contributed by atoms with van der Waals surface area (Å²) >= 11 is 12.5. The molecule has 2 aliphatic heterocycles. The lowest BCUT2D eigenvalue weighted by Gasteiger charge is -2.33. The van der Waals surface area contributed by atoms with Crippen LogP contribution in [-0.2, 0) is 16.1 Å².